The topological polar surface area (TPSA) is 307 Å². The van der Waals surface area contributed by atoms with Gasteiger partial charge in [0, 0.05) is 6.42 Å². The molecule has 3 fully saturated rings. The number of hydrogen-bond donors (Lipinski definition) is 12. The first-order chi connectivity index (χ1) is 51.3. The first-order valence-electron chi connectivity index (χ1n) is 42.7. The summed E-state index contributed by atoms with van der Waals surface area (Å²) in [7, 11) is 0. The van der Waals surface area contributed by atoms with E-state index in [1.54, 1.807) is 6.08 Å². The Balaban J connectivity index is 1.35. The van der Waals surface area contributed by atoms with Gasteiger partial charge in [0.05, 0.1) is 38.6 Å². The van der Waals surface area contributed by atoms with Crippen LogP contribution in [-0.2, 0) is 33.2 Å². The van der Waals surface area contributed by atoms with Gasteiger partial charge in [-0.3, -0.25) is 4.79 Å². The number of allylic oxidation sites excluding steroid dienone is 11. The maximum Gasteiger partial charge on any atom is 0.220 e. The Morgan fingerprint density at radius 2 is 0.667 bits per heavy atom. The van der Waals surface area contributed by atoms with Crippen molar-refractivity contribution < 1.29 is 89.4 Å². The molecule has 19 heteroatoms. The number of unbranched alkanes of at least 4 members (excludes halogenated alkanes) is 42. The van der Waals surface area contributed by atoms with Crippen molar-refractivity contribution in [2.75, 3.05) is 26.4 Å². The number of nitrogens with one attached hydrogen (secondary N) is 1. The summed E-state index contributed by atoms with van der Waals surface area (Å²) in [6, 6.07) is -0.993. The van der Waals surface area contributed by atoms with E-state index in [2.05, 4.69) is 79.9 Å². The van der Waals surface area contributed by atoms with E-state index >= 15 is 0 Å². The third kappa shape index (κ3) is 45.4. The molecule has 17 unspecified atom stereocenters. The van der Waals surface area contributed by atoms with Gasteiger partial charge in [0.1, 0.15) is 73.2 Å². The van der Waals surface area contributed by atoms with Gasteiger partial charge in [-0.15, -0.1) is 0 Å². The van der Waals surface area contributed by atoms with Crippen LogP contribution in [0.4, 0.5) is 0 Å². The van der Waals surface area contributed by atoms with Gasteiger partial charge in [-0.2, -0.15) is 0 Å². The van der Waals surface area contributed by atoms with Crippen molar-refractivity contribution >= 4 is 5.91 Å². The zero-order chi connectivity index (χ0) is 76.0. The van der Waals surface area contributed by atoms with Crippen LogP contribution in [-0.4, -0.2) is 193 Å². The molecular weight excluding hydrogens is 1330 g/mol. The summed E-state index contributed by atoms with van der Waals surface area (Å²) in [5.41, 5.74) is 0. The number of aliphatic hydroxyl groups is 11. The van der Waals surface area contributed by atoms with Crippen LogP contribution in [0.1, 0.15) is 335 Å². The number of carbonyl (C=O) groups excluding carboxylic acids is 1. The Morgan fingerprint density at radius 3 is 1.07 bits per heavy atom. The minimum atomic E-state index is -1.98. The molecule has 0 radical (unpaired) electrons. The number of ether oxygens (including phenoxy) is 6. The summed E-state index contributed by atoms with van der Waals surface area (Å²) in [4.78, 5) is 13.5. The largest absolute Gasteiger partial charge is 0.394 e. The molecule has 3 saturated heterocycles. The van der Waals surface area contributed by atoms with Crippen molar-refractivity contribution in [2.45, 2.75) is 439 Å². The van der Waals surface area contributed by atoms with Gasteiger partial charge in [-0.25, -0.2) is 0 Å². The first kappa shape index (κ1) is 96.4. The van der Waals surface area contributed by atoms with E-state index in [1.165, 1.54) is 238 Å². The second-order valence-electron chi connectivity index (χ2n) is 30.3. The molecule has 105 heavy (non-hydrogen) atoms. The number of amides is 1. The molecule has 3 heterocycles. The molecule has 612 valence electrons. The van der Waals surface area contributed by atoms with Crippen LogP contribution < -0.4 is 5.32 Å². The van der Waals surface area contributed by atoms with Gasteiger partial charge in [0.25, 0.3) is 0 Å². The molecule has 1 amide bonds. The molecule has 19 nitrogen and oxygen atoms in total. The SMILES string of the molecule is CC/C=C\C/C=C\C/C=C\C/C=C\CCCCCCCCCCCCCCCCCCCCCCC(=O)NC(COC1OC(CO)C(OC2OC(CO)C(OC3OC(CO)C(O)C(O)C3O)C(O)C2O)C(O)C1O)C(O)/C=C/CC/C=C/CCCCCCCCCCCCCCCCCCCCCCC. The van der Waals surface area contributed by atoms with Crippen LogP contribution in [0.25, 0.3) is 0 Å². The Hall–Kier alpha value is -2.77. The van der Waals surface area contributed by atoms with E-state index in [1.807, 2.05) is 6.08 Å². The third-order valence-corrected chi connectivity index (χ3v) is 21.0. The van der Waals surface area contributed by atoms with E-state index in [-0.39, 0.29) is 18.9 Å². The summed E-state index contributed by atoms with van der Waals surface area (Å²) < 4.78 is 34.5. The number of carbonyl (C=O) groups is 1. The maximum absolute atomic E-state index is 13.5. The number of aliphatic hydroxyl groups excluding tert-OH is 11. The molecule has 0 saturated carbocycles. The summed E-state index contributed by atoms with van der Waals surface area (Å²) >= 11 is 0. The van der Waals surface area contributed by atoms with E-state index in [4.69, 9.17) is 28.4 Å². The summed E-state index contributed by atoms with van der Waals surface area (Å²) in [5, 5.41) is 121. The van der Waals surface area contributed by atoms with Crippen molar-refractivity contribution in [3.63, 3.8) is 0 Å². The molecule has 3 rings (SSSR count). The molecule has 0 aromatic rings. The fraction of sp³-hybridized carbons (Fsp3) is 0.849. The van der Waals surface area contributed by atoms with E-state index < -0.39 is 124 Å². The molecule has 0 aromatic carbocycles. The molecule has 3 aliphatic heterocycles. The van der Waals surface area contributed by atoms with Crippen LogP contribution in [0.5, 0.6) is 0 Å². The van der Waals surface area contributed by atoms with Crippen LogP contribution in [0, 0.1) is 0 Å². The van der Waals surface area contributed by atoms with Crippen molar-refractivity contribution in [1.82, 2.24) is 5.32 Å². The first-order valence-corrected chi connectivity index (χ1v) is 42.7. The number of rotatable bonds is 68. The molecular formula is C86H155NO18. The summed E-state index contributed by atoms with van der Waals surface area (Å²) in [6.45, 7) is 1.65. The molecule has 0 bridgehead atoms. The van der Waals surface area contributed by atoms with E-state index in [0.717, 1.165) is 64.2 Å². The minimum Gasteiger partial charge on any atom is -0.394 e. The Bertz CT molecular complexity index is 2180. The Kier molecular flexibility index (Phi) is 60.5. The molecule has 17 atom stereocenters. The fourth-order valence-corrected chi connectivity index (χ4v) is 14.2. The van der Waals surface area contributed by atoms with Crippen molar-refractivity contribution in [3.05, 3.63) is 72.9 Å². The molecule has 3 aliphatic rings. The highest BCUT2D eigenvalue weighted by atomic mass is 16.8. The molecule has 12 N–H and O–H groups in total. The molecule has 0 aliphatic carbocycles. The van der Waals surface area contributed by atoms with E-state index in [0.29, 0.717) is 12.8 Å². The lowest BCUT2D eigenvalue weighted by Crippen LogP contribution is -2.66. The predicted octanol–water partition coefficient (Wildman–Crippen LogP) is 15.2. The minimum absolute atomic E-state index is 0.236. The fourth-order valence-electron chi connectivity index (χ4n) is 14.2. The monoisotopic (exact) mass is 1490 g/mol. The van der Waals surface area contributed by atoms with Gasteiger partial charge in [0.15, 0.2) is 18.9 Å². The summed E-state index contributed by atoms with van der Waals surface area (Å²) in [6.07, 6.45) is 60.5. The van der Waals surface area contributed by atoms with Crippen molar-refractivity contribution in [3.8, 4) is 0 Å². The van der Waals surface area contributed by atoms with Gasteiger partial charge in [0.2, 0.25) is 5.91 Å². The quantitative estimate of drug-likeness (QED) is 0.0199. The standard InChI is InChI=1S/C86H155NO18/c1-3-5-7-9-11-13-15-17-19-21-23-25-27-29-31-32-33-34-35-36-38-40-42-44-46-48-50-52-54-56-58-60-62-64-74(92)87-69(70(91)63-61-59-57-55-53-51-49-47-45-43-41-39-37-30-28-26-24-22-20-18-16-14-12-10-8-6-4-2)68-100-84-80(98)77(95)82(72(66-89)102-84)105-86-81(99)78(96)83(73(67-90)103-86)104-85-79(97)76(94)75(93)71(65-88)101-85/h5,7,11,13,17,19,23,25,53,55,61,63,69-73,75-86,88-91,93-99H,3-4,6,8-10,12,14-16,18,20-22,24,26-52,54,56-60,62,64-68H2,1-2H3,(H,87,92)/b7-5-,13-11-,19-17-,25-23-,55-53+,63-61+. The van der Waals surface area contributed by atoms with Crippen LogP contribution >= 0.6 is 0 Å². The van der Waals surface area contributed by atoms with Gasteiger partial charge >= 0.3 is 0 Å². The lowest BCUT2D eigenvalue weighted by Gasteiger charge is -2.48. The van der Waals surface area contributed by atoms with Crippen molar-refractivity contribution in [2.24, 2.45) is 0 Å². The second kappa shape index (κ2) is 65.9. The van der Waals surface area contributed by atoms with E-state index in [9.17, 15) is 61.0 Å². The second-order valence-corrected chi connectivity index (χ2v) is 30.3. The highest BCUT2D eigenvalue weighted by Crippen LogP contribution is 2.33. The van der Waals surface area contributed by atoms with Crippen molar-refractivity contribution in [1.29, 1.82) is 0 Å². The lowest BCUT2D eigenvalue weighted by molar-refractivity contribution is -0.379. The van der Waals surface area contributed by atoms with Gasteiger partial charge in [-0.1, -0.05) is 331 Å². The lowest BCUT2D eigenvalue weighted by atomic mass is 9.96. The van der Waals surface area contributed by atoms with Crippen LogP contribution in [0.15, 0.2) is 72.9 Å². The molecule has 0 aromatic heterocycles. The predicted molar refractivity (Wildman–Crippen MR) is 420 cm³/mol. The summed E-state index contributed by atoms with van der Waals surface area (Å²) in [5.74, 6) is -0.281. The highest BCUT2D eigenvalue weighted by Gasteiger charge is 2.54. The third-order valence-electron chi connectivity index (χ3n) is 21.0. The highest BCUT2D eigenvalue weighted by molar-refractivity contribution is 5.76. The smallest absolute Gasteiger partial charge is 0.220 e. The maximum atomic E-state index is 13.5. The normalized spacial score (nSPS) is 26.1. The average Bonchev–Trinajstić information content (AvgIpc) is 0.780. The average molecular weight is 1490 g/mol. The van der Waals surface area contributed by atoms with Gasteiger partial charge in [-0.05, 0) is 70.6 Å². The van der Waals surface area contributed by atoms with Gasteiger partial charge < -0.3 is 89.9 Å². The Labute approximate surface area is 636 Å². The number of hydrogen-bond acceptors (Lipinski definition) is 18. The molecule has 0 spiro atoms. The van der Waals surface area contributed by atoms with Crippen LogP contribution in [0.2, 0.25) is 0 Å². The zero-order valence-corrected chi connectivity index (χ0v) is 65.7. The zero-order valence-electron chi connectivity index (χ0n) is 65.7. The Morgan fingerprint density at radius 1 is 0.352 bits per heavy atom. The van der Waals surface area contributed by atoms with Crippen LogP contribution in [0.3, 0.4) is 0 Å².